The Hall–Kier alpha value is -1.59. The lowest BCUT2D eigenvalue weighted by molar-refractivity contribution is -0.0392. The number of anilines is 1. The Labute approximate surface area is 106 Å². The lowest BCUT2D eigenvalue weighted by Gasteiger charge is -2.22. The van der Waals surface area contributed by atoms with Gasteiger partial charge in [-0.15, -0.1) is 0 Å². The van der Waals surface area contributed by atoms with E-state index < -0.39 is 5.97 Å². The van der Waals surface area contributed by atoms with Crippen LogP contribution in [0.15, 0.2) is 18.2 Å². The van der Waals surface area contributed by atoms with E-state index in [0.717, 1.165) is 12.8 Å². The molecule has 5 heteroatoms. The molecule has 1 saturated heterocycles. The number of rotatable bonds is 4. The molecule has 0 atom stereocenters. The molecular formula is C13H17NO4. The Bertz CT molecular complexity index is 427. The van der Waals surface area contributed by atoms with Crippen molar-refractivity contribution in [2.45, 2.75) is 25.6 Å². The average molecular weight is 251 g/mol. The normalized spacial score (nSPS) is 16.7. The average Bonchev–Trinajstić information content (AvgIpc) is 2.37. The largest absolute Gasteiger partial charge is 0.478 e. The summed E-state index contributed by atoms with van der Waals surface area (Å²) < 4.78 is 11.0. The molecular weight excluding hydrogens is 234 g/mol. The van der Waals surface area contributed by atoms with Crippen LogP contribution in [0.3, 0.4) is 0 Å². The van der Waals surface area contributed by atoms with Crippen molar-refractivity contribution >= 4 is 11.7 Å². The van der Waals surface area contributed by atoms with Gasteiger partial charge in [0.15, 0.2) is 0 Å². The molecule has 5 nitrogen and oxygen atoms in total. The molecule has 3 N–H and O–H groups in total. The van der Waals surface area contributed by atoms with Crippen molar-refractivity contribution in [2.75, 3.05) is 18.9 Å². The SMILES string of the molecule is Nc1cccc(COC2CCOCC2)c1C(=O)O. The molecule has 1 aliphatic rings. The van der Waals surface area contributed by atoms with Crippen molar-refractivity contribution in [3.05, 3.63) is 29.3 Å². The van der Waals surface area contributed by atoms with Crippen molar-refractivity contribution in [3.63, 3.8) is 0 Å². The van der Waals surface area contributed by atoms with E-state index in [-0.39, 0.29) is 24.0 Å². The number of hydrogen-bond acceptors (Lipinski definition) is 4. The van der Waals surface area contributed by atoms with Crippen molar-refractivity contribution in [3.8, 4) is 0 Å². The molecule has 0 amide bonds. The van der Waals surface area contributed by atoms with Gasteiger partial charge in [0, 0.05) is 18.9 Å². The number of ether oxygens (including phenoxy) is 2. The van der Waals surface area contributed by atoms with E-state index in [1.807, 2.05) is 0 Å². The molecule has 1 aliphatic heterocycles. The Morgan fingerprint density at radius 3 is 2.83 bits per heavy atom. The molecule has 0 unspecified atom stereocenters. The van der Waals surface area contributed by atoms with E-state index in [4.69, 9.17) is 20.3 Å². The van der Waals surface area contributed by atoms with Crippen LogP contribution in [0, 0.1) is 0 Å². The monoisotopic (exact) mass is 251 g/mol. The number of nitrogen functional groups attached to an aromatic ring is 1. The fourth-order valence-corrected chi connectivity index (χ4v) is 2.05. The lowest BCUT2D eigenvalue weighted by Crippen LogP contribution is -2.23. The highest BCUT2D eigenvalue weighted by molar-refractivity contribution is 5.95. The Morgan fingerprint density at radius 1 is 1.44 bits per heavy atom. The molecule has 0 radical (unpaired) electrons. The van der Waals surface area contributed by atoms with Crippen LogP contribution in [-0.2, 0) is 16.1 Å². The van der Waals surface area contributed by atoms with Gasteiger partial charge in [-0.2, -0.15) is 0 Å². The summed E-state index contributed by atoms with van der Waals surface area (Å²) in [5.41, 5.74) is 6.71. The highest BCUT2D eigenvalue weighted by Gasteiger charge is 2.17. The van der Waals surface area contributed by atoms with Gasteiger partial charge in [0.25, 0.3) is 0 Å². The highest BCUT2D eigenvalue weighted by atomic mass is 16.5. The van der Waals surface area contributed by atoms with Crippen LogP contribution in [0.4, 0.5) is 5.69 Å². The fourth-order valence-electron chi connectivity index (χ4n) is 2.05. The predicted molar refractivity (Wildman–Crippen MR) is 66.4 cm³/mol. The molecule has 1 fully saturated rings. The number of carbonyl (C=O) groups is 1. The lowest BCUT2D eigenvalue weighted by atomic mass is 10.1. The third-order valence-corrected chi connectivity index (χ3v) is 3.04. The van der Waals surface area contributed by atoms with Crippen LogP contribution in [0.1, 0.15) is 28.8 Å². The molecule has 0 saturated carbocycles. The van der Waals surface area contributed by atoms with Crippen molar-refractivity contribution in [1.82, 2.24) is 0 Å². The van der Waals surface area contributed by atoms with Gasteiger partial charge in [0.2, 0.25) is 0 Å². The summed E-state index contributed by atoms with van der Waals surface area (Å²) in [5.74, 6) is -1.02. The fraction of sp³-hybridized carbons (Fsp3) is 0.462. The van der Waals surface area contributed by atoms with Crippen LogP contribution >= 0.6 is 0 Å². The zero-order valence-corrected chi connectivity index (χ0v) is 10.1. The summed E-state index contributed by atoms with van der Waals surface area (Å²) in [7, 11) is 0. The number of benzene rings is 1. The first-order valence-electron chi connectivity index (χ1n) is 5.98. The van der Waals surface area contributed by atoms with Gasteiger partial charge < -0.3 is 20.3 Å². The number of nitrogens with two attached hydrogens (primary N) is 1. The molecule has 2 rings (SSSR count). The van der Waals surface area contributed by atoms with Gasteiger partial charge in [-0.05, 0) is 24.5 Å². The molecule has 1 heterocycles. The third kappa shape index (κ3) is 3.00. The minimum absolute atomic E-state index is 0.141. The molecule has 0 aromatic heterocycles. The van der Waals surface area contributed by atoms with E-state index in [0.29, 0.717) is 18.8 Å². The van der Waals surface area contributed by atoms with Crippen LogP contribution in [0.5, 0.6) is 0 Å². The first-order valence-corrected chi connectivity index (χ1v) is 5.98. The maximum Gasteiger partial charge on any atom is 0.338 e. The summed E-state index contributed by atoms with van der Waals surface area (Å²) in [6.45, 7) is 1.68. The zero-order chi connectivity index (χ0) is 13.0. The highest BCUT2D eigenvalue weighted by Crippen LogP contribution is 2.20. The van der Waals surface area contributed by atoms with Crippen LogP contribution in [-0.4, -0.2) is 30.4 Å². The van der Waals surface area contributed by atoms with Crippen molar-refractivity contribution < 1.29 is 19.4 Å². The van der Waals surface area contributed by atoms with Gasteiger partial charge in [0.05, 0.1) is 18.3 Å². The number of aromatic carboxylic acids is 1. The maximum atomic E-state index is 11.1. The number of carboxylic acids is 1. The number of carboxylic acid groups (broad SMARTS) is 1. The molecule has 1 aromatic carbocycles. The maximum absolute atomic E-state index is 11.1. The third-order valence-electron chi connectivity index (χ3n) is 3.04. The second-order valence-electron chi connectivity index (χ2n) is 4.31. The van der Waals surface area contributed by atoms with E-state index >= 15 is 0 Å². The molecule has 0 spiro atoms. The summed E-state index contributed by atoms with van der Waals surface area (Å²) in [6.07, 6.45) is 1.84. The van der Waals surface area contributed by atoms with E-state index in [2.05, 4.69) is 0 Å². The topological polar surface area (TPSA) is 81.8 Å². The summed E-state index contributed by atoms with van der Waals surface area (Å²) in [6, 6.07) is 5.06. The zero-order valence-electron chi connectivity index (χ0n) is 10.1. The predicted octanol–water partition coefficient (Wildman–Crippen LogP) is 1.66. The Kier molecular flexibility index (Phi) is 4.17. The van der Waals surface area contributed by atoms with Gasteiger partial charge >= 0.3 is 5.97 Å². The summed E-state index contributed by atoms with van der Waals surface area (Å²) in [5, 5.41) is 9.13. The van der Waals surface area contributed by atoms with Gasteiger partial charge in [-0.25, -0.2) is 4.79 Å². The van der Waals surface area contributed by atoms with Crippen molar-refractivity contribution in [1.29, 1.82) is 0 Å². The van der Waals surface area contributed by atoms with Gasteiger partial charge in [0.1, 0.15) is 0 Å². The van der Waals surface area contributed by atoms with Crippen molar-refractivity contribution in [2.24, 2.45) is 0 Å². The first-order chi connectivity index (χ1) is 8.68. The smallest absolute Gasteiger partial charge is 0.338 e. The molecule has 98 valence electrons. The summed E-state index contributed by atoms with van der Waals surface area (Å²) >= 11 is 0. The molecule has 0 aliphatic carbocycles. The molecule has 18 heavy (non-hydrogen) atoms. The van der Waals surface area contributed by atoms with E-state index in [9.17, 15) is 4.79 Å². The second kappa shape index (κ2) is 5.84. The van der Waals surface area contributed by atoms with Crippen LogP contribution in [0.25, 0.3) is 0 Å². The Balaban J connectivity index is 2.04. The quantitative estimate of drug-likeness (QED) is 0.795. The Morgan fingerprint density at radius 2 is 2.17 bits per heavy atom. The second-order valence-corrected chi connectivity index (χ2v) is 4.31. The number of hydrogen-bond donors (Lipinski definition) is 2. The van der Waals surface area contributed by atoms with Gasteiger partial charge in [-0.1, -0.05) is 12.1 Å². The van der Waals surface area contributed by atoms with Crippen LogP contribution in [0.2, 0.25) is 0 Å². The first kappa shape index (κ1) is 12.9. The summed E-state index contributed by atoms with van der Waals surface area (Å²) in [4.78, 5) is 11.1. The van der Waals surface area contributed by atoms with Crippen LogP contribution < -0.4 is 5.73 Å². The molecule has 1 aromatic rings. The van der Waals surface area contributed by atoms with Gasteiger partial charge in [-0.3, -0.25) is 0 Å². The van der Waals surface area contributed by atoms with E-state index in [1.54, 1.807) is 18.2 Å². The molecule has 0 bridgehead atoms. The minimum Gasteiger partial charge on any atom is -0.478 e. The minimum atomic E-state index is -1.02. The van der Waals surface area contributed by atoms with E-state index in [1.165, 1.54) is 0 Å². The standard InChI is InChI=1S/C13H17NO4/c14-11-3-1-2-9(12(11)13(15)16)8-18-10-4-6-17-7-5-10/h1-3,10H,4-8,14H2,(H,15,16).